The Morgan fingerprint density at radius 3 is 2.68 bits per heavy atom. The normalized spacial score (nSPS) is 10.5. The summed E-state index contributed by atoms with van der Waals surface area (Å²) in [5, 5.41) is 0.401. The van der Waals surface area contributed by atoms with Crippen molar-refractivity contribution in [3.05, 3.63) is 62.8 Å². The molecule has 0 bridgehead atoms. The van der Waals surface area contributed by atoms with Crippen LogP contribution in [0.5, 0.6) is 0 Å². The maximum Gasteiger partial charge on any atom is 0.167 e. The summed E-state index contributed by atoms with van der Waals surface area (Å²) in [6.45, 7) is 0. The van der Waals surface area contributed by atoms with Crippen LogP contribution in [0.3, 0.4) is 0 Å². The van der Waals surface area contributed by atoms with E-state index in [0.29, 0.717) is 20.7 Å². The van der Waals surface area contributed by atoms with Crippen molar-refractivity contribution in [3.63, 3.8) is 0 Å². The summed E-state index contributed by atoms with van der Waals surface area (Å²) in [6.07, 6.45) is -0.0533. The fourth-order valence-electron chi connectivity index (χ4n) is 1.73. The van der Waals surface area contributed by atoms with E-state index in [2.05, 4.69) is 15.9 Å². The van der Waals surface area contributed by atoms with Crippen LogP contribution in [-0.4, -0.2) is 5.78 Å². The molecule has 98 valence electrons. The zero-order valence-electron chi connectivity index (χ0n) is 9.79. The number of carbonyl (C=O) groups excluding carboxylic acids is 1. The second-order valence-electron chi connectivity index (χ2n) is 4.11. The standard InChI is InChI=1S/C14H10BrClFNO/c15-10-3-9(5-12(18)7-10)14(19)6-8-4-11(16)1-2-13(8)17/h1-5,7H,6,18H2. The summed E-state index contributed by atoms with van der Waals surface area (Å²) >= 11 is 9.06. The average Bonchev–Trinajstić information content (AvgIpc) is 2.32. The highest BCUT2D eigenvalue weighted by Gasteiger charge is 2.12. The van der Waals surface area contributed by atoms with Crippen LogP contribution in [0.4, 0.5) is 10.1 Å². The number of ketones is 1. The van der Waals surface area contributed by atoms with Crippen LogP contribution >= 0.6 is 27.5 Å². The van der Waals surface area contributed by atoms with Gasteiger partial charge in [0, 0.05) is 27.2 Å². The van der Waals surface area contributed by atoms with E-state index < -0.39 is 5.82 Å². The minimum absolute atomic E-state index is 0.0533. The van der Waals surface area contributed by atoms with Crippen molar-refractivity contribution < 1.29 is 9.18 Å². The topological polar surface area (TPSA) is 43.1 Å². The van der Waals surface area contributed by atoms with E-state index in [9.17, 15) is 9.18 Å². The van der Waals surface area contributed by atoms with Gasteiger partial charge in [0.1, 0.15) is 5.82 Å². The van der Waals surface area contributed by atoms with E-state index in [-0.39, 0.29) is 17.8 Å². The van der Waals surface area contributed by atoms with Crippen LogP contribution in [0.25, 0.3) is 0 Å². The van der Waals surface area contributed by atoms with Crippen LogP contribution in [0.15, 0.2) is 40.9 Å². The Bertz CT molecular complexity index is 625. The molecule has 2 aromatic carbocycles. The minimum atomic E-state index is -0.444. The van der Waals surface area contributed by atoms with Crippen LogP contribution in [0.2, 0.25) is 5.02 Å². The van der Waals surface area contributed by atoms with Gasteiger partial charge in [-0.3, -0.25) is 4.79 Å². The molecule has 0 saturated carbocycles. The molecule has 5 heteroatoms. The first-order chi connectivity index (χ1) is 8.95. The Morgan fingerprint density at radius 1 is 1.26 bits per heavy atom. The second kappa shape index (κ2) is 5.72. The maximum atomic E-state index is 13.6. The van der Waals surface area contributed by atoms with Crippen molar-refractivity contribution in [2.45, 2.75) is 6.42 Å². The number of carbonyl (C=O) groups is 1. The van der Waals surface area contributed by atoms with Crippen LogP contribution in [0.1, 0.15) is 15.9 Å². The van der Waals surface area contributed by atoms with Gasteiger partial charge in [0.2, 0.25) is 0 Å². The van der Waals surface area contributed by atoms with Crippen LogP contribution in [0, 0.1) is 5.82 Å². The van der Waals surface area contributed by atoms with Crippen molar-refractivity contribution in [1.29, 1.82) is 0 Å². The zero-order chi connectivity index (χ0) is 14.0. The Labute approximate surface area is 123 Å². The molecule has 0 spiro atoms. The first kappa shape index (κ1) is 14.0. The number of benzene rings is 2. The molecule has 0 heterocycles. The van der Waals surface area contributed by atoms with E-state index in [1.807, 2.05) is 0 Å². The molecule has 0 aliphatic rings. The third-order valence-electron chi connectivity index (χ3n) is 2.60. The van der Waals surface area contributed by atoms with Crippen molar-refractivity contribution in [2.24, 2.45) is 0 Å². The number of nitrogens with two attached hydrogens (primary N) is 1. The van der Waals surface area contributed by atoms with Gasteiger partial charge in [-0.2, -0.15) is 0 Å². The first-order valence-corrected chi connectivity index (χ1v) is 6.66. The lowest BCUT2D eigenvalue weighted by molar-refractivity contribution is 0.0992. The van der Waals surface area contributed by atoms with Crippen molar-refractivity contribution >= 4 is 39.0 Å². The lowest BCUT2D eigenvalue weighted by Crippen LogP contribution is -2.06. The van der Waals surface area contributed by atoms with Gasteiger partial charge >= 0.3 is 0 Å². The lowest BCUT2D eigenvalue weighted by atomic mass is 10.0. The Balaban J connectivity index is 2.28. The van der Waals surface area contributed by atoms with E-state index >= 15 is 0 Å². The molecule has 2 N–H and O–H groups in total. The highest BCUT2D eigenvalue weighted by atomic mass is 79.9. The molecule has 0 aromatic heterocycles. The number of halogens is 3. The summed E-state index contributed by atoms with van der Waals surface area (Å²) < 4.78 is 14.3. The smallest absolute Gasteiger partial charge is 0.167 e. The van der Waals surface area contributed by atoms with E-state index in [1.165, 1.54) is 18.2 Å². The van der Waals surface area contributed by atoms with Gasteiger partial charge in [-0.25, -0.2) is 4.39 Å². The molecular weight excluding hydrogens is 333 g/mol. The summed E-state index contributed by atoms with van der Waals surface area (Å²) in [7, 11) is 0. The number of Topliss-reactive ketones (excluding diaryl/α,β-unsaturated/α-hetero) is 1. The summed E-state index contributed by atoms with van der Waals surface area (Å²) in [5.41, 5.74) is 6.85. The third-order valence-corrected chi connectivity index (χ3v) is 3.29. The summed E-state index contributed by atoms with van der Waals surface area (Å²) in [4.78, 5) is 12.1. The highest BCUT2D eigenvalue weighted by Crippen LogP contribution is 2.21. The molecule has 0 saturated heterocycles. The SMILES string of the molecule is Nc1cc(Br)cc(C(=O)Cc2cc(Cl)ccc2F)c1. The predicted molar refractivity (Wildman–Crippen MR) is 78.0 cm³/mol. The largest absolute Gasteiger partial charge is 0.399 e. The van der Waals surface area contributed by atoms with Gasteiger partial charge in [0.15, 0.2) is 5.78 Å². The van der Waals surface area contributed by atoms with Crippen LogP contribution in [-0.2, 0) is 6.42 Å². The lowest BCUT2D eigenvalue weighted by Gasteiger charge is -2.05. The fraction of sp³-hybridized carbons (Fsp3) is 0.0714. The summed E-state index contributed by atoms with van der Waals surface area (Å²) in [6, 6.07) is 9.06. The number of nitrogen functional groups attached to an aromatic ring is 1. The number of hydrogen-bond acceptors (Lipinski definition) is 2. The fourth-order valence-corrected chi connectivity index (χ4v) is 2.43. The van der Waals surface area contributed by atoms with Crippen molar-refractivity contribution in [3.8, 4) is 0 Å². The van der Waals surface area contributed by atoms with Gasteiger partial charge < -0.3 is 5.73 Å². The molecule has 0 aliphatic carbocycles. The molecule has 0 aliphatic heterocycles. The number of rotatable bonds is 3. The molecule has 2 aromatic rings. The van der Waals surface area contributed by atoms with E-state index in [0.717, 1.165) is 0 Å². The van der Waals surface area contributed by atoms with Gasteiger partial charge in [-0.1, -0.05) is 27.5 Å². The van der Waals surface area contributed by atoms with E-state index in [1.54, 1.807) is 18.2 Å². The van der Waals surface area contributed by atoms with E-state index in [4.69, 9.17) is 17.3 Å². The highest BCUT2D eigenvalue weighted by molar-refractivity contribution is 9.10. The molecule has 0 unspecified atom stereocenters. The quantitative estimate of drug-likeness (QED) is 0.669. The monoisotopic (exact) mass is 341 g/mol. The second-order valence-corrected chi connectivity index (χ2v) is 5.46. The van der Waals surface area contributed by atoms with Gasteiger partial charge in [0.25, 0.3) is 0 Å². The molecule has 0 radical (unpaired) electrons. The molecule has 2 nitrogen and oxygen atoms in total. The Kier molecular flexibility index (Phi) is 4.22. The van der Waals surface area contributed by atoms with Crippen molar-refractivity contribution in [1.82, 2.24) is 0 Å². The molecule has 2 rings (SSSR count). The Morgan fingerprint density at radius 2 is 2.00 bits per heavy atom. The number of hydrogen-bond donors (Lipinski definition) is 1. The molecule has 0 amide bonds. The van der Waals surface area contributed by atoms with Crippen molar-refractivity contribution in [2.75, 3.05) is 5.73 Å². The minimum Gasteiger partial charge on any atom is -0.399 e. The molecule has 19 heavy (non-hydrogen) atoms. The summed E-state index contributed by atoms with van der Waals surface area (Å²) in [5.74, 6) is -0.658. The van der Waals surface area contributed by atoms with Gasteiger partial charge in [0.05, 0.1) is 0 Å². The van der Waals surface area contributed by atoms with Gasteiger partial charge in [-0.15, -0.1) is 0 Å². The third kappa shape index (κ3) is 3.55. The Hall–Kier alpha value is -1.39. The molecule has 0 fully saturated rings. The molecular formula is C14H10BrClFNO. The predicted octanol–water partition coefficient (Wildman–Crippen LogP) is 4.25. The molecule has 0 atom stereocenters. The first-order valence-electron chi connectivity index (χ1n) is 5.49. The van der Waals surface area contributed by atoms with Gasteiger partial charge in [-0.05, 0) is 42.0 Å². The average molecular weight is 343 g/mol. The number of anilines is 1. The zero-order valence-corrected chi connectivity index (χ0v) is 12.1. The van der Waals surface area contributed by atoms with Crippen LogP contribution < -0.4 is 5.73 Å². The maximum absolute atomic E-state index is 13.6.